The third-order valence-corrected chi connectivity index (χ3v) is 2.82. The fourth-order valence-electron chi connectivity index (χ4n) is 2.08. The molecular formula is C12H18N4. The number of likely N-dealkylation sites (N-methyl/N-ethyl adjacent to an activating group) is 1. The average Bonchev–Trinajstić information content (AvgIpc) is 2.57. The summed E-state index contributed by atoms with van der Waals surface area (Å²) in [6, 6.07) is 6.47. The molecule has 0 saturated heterocycles. The highest BCUT2D eigenvalue weighted by Crippen LogP contribution is 2.20. The summed E-state index contributed by atoms with van der Waals surface area (Å²) in [4.78, 5) is 7.61. The first-order valence-electron chi connectivity index (χ1n) is 5.51. The second-order valence-corrected chi connectivity index (χ2v) is 4.22. The minimum Gasteiger partial charge on any atom is -0.342 e. The van der Waals surface area contributed by atoms with E-state index in [-0.39, 0.29) is 12.1 Å². The van der Waals surface area contributed by atoms with E-state index in [0.29, 0.717) is 0 Å². The van der Waals surface area contributed by atoms with E-state index in [2.05, 4.69) is 27.4 Å². The maximum atomic E-state index is 5.94. The van der Waals surface area contributed by atoms with Crippen molar-refractivity contribution in [2.45, 2.75) is 25.9 Å². The third-order valence-electron chi connectivity index (χ3n) is 2.82. The van der Waals surface area contributed by atoms with Gasteiger partial charge in [0.05, 0.1) is 11.0 Å². The van der Waals surface area contributed by atoms with E-state index < -0.39 is 0 Å². The second-order valence-electron chi connectivity index (χ2n) is 4.22. The molecule has 0 aliphatic heterocycles. The van der Waals surface area contributed by atoms with Crippen molar-refractivity contribution < 1.29 is 0 Å². The molecule has 2 unspecified atom stereocenters. The molecule has 1 heterocycles. The van der Waals surface area contributed by atoms with Crippen molar-refractivity contribution in [3.8, 4) is 0 Å². The zero-order valence-electron chi connectivity index (χ0n) is 9.91. The highest BCUT2D eigenvalue weighted by atomic mass is 14.9. The molecule has 0 aliphatic carbocycles. The van der Waals surface area contributed by atoms with Crippen LogP contribution in [0.2, 0.25) is 0 Å². The monoisotopic (exact) mass is 218 g/mol. The first kappa shape index (κ1) is 11.1. The average molecular weight is 218 g/mol. The maximum absolute atomic E-state index is 5.94. The molecule has 2 rings (SSSR count). The minimum atomic E-state index is 0.0754. The molecule has 4 nitrogen and oxygen atoms in total. The van der Waals surface area contributed by atoms with Crippen molar-refractivity contribution in [1.29, 1.82) is 0 Å². The van der Waals surface area contributed by atoms with Crippen molar-refractivity contribution in [2.75, 3.05) is 7.05 Å². The smallest absolute Gasteiger partial charge is 0.104 e. The standard InChI is InChI=1S/C12H18N4/c1-7(13)12(14-3)9-4-5-10-11(6-9)16-8(2)15-10/h4-7,12,14H,13H2,1-3H3,(H,15,16). The van der Waals surface area contributed by atoms with Gasteiger partial charge in [-0.25, -0.2) is 4.98 Å². The van der Waals surface area contributed by atoms with E-state index in [1.165, 1.54) is 5.56 Å². The lowest BCUT2D eigenvalue weighted by Crippen LogP contribution is -2.33. The molecular weight excluding hydrogens is 200 g/mol. The Hall–Kier alpha value is -1.39. The van der Waals surface area contributed by atoms with Crippen LogP contribution in [-0.4, -0.2) is 23.1 Å². The van der Waals surface area contributed by atoms with Gasteiger partial charge in [-0.2, -0.15) is 0 Å². The number of benzene rings is 1. The number of nitrogens with zero attached hydrogens (tertiary/aromatic N) is 1. The topological polar surface area (TPSA) is 66.7 Å². The number of hydrogen-bond acceptors (Lipinski definition) is 3. The van der Waals surface area contributed by atoms with Crippen LogP contribution in [0, 0.1) is 6.92 Å². The molecule has 0 bridgehead atoms. The summed E-state index contributed by atoms with van der Waals surface area (Å²) in [5.41, 5.74) is 9.20. The van der Waals surface area contributed by atoms with Gasteiger partial charge in [0, 0.05) is 12.1 Å². The molecule has 0 amide bonds. The van der Waals surface area contributed by atoms with Crippen LogP contribution in [0.4, 0.5) is 0 Å². The van der Waals surface area contributed by atoms with Crippen LogP contribution in [0.5, 0.6) is 0 Å². The van der Waals surface area contributed by atoms with E-state index in [1.807, 2.05) is 27.0 Å². The number of rotatable bonds is 3. The fraction of sp³-hybridized carbons (Fsp3) is 0.417. The molecule has 0 saturated carbocycles. The first-order chi connectivity index (χ1) is 7.61. The van der Waals surface area contributed by atoms with Gasteiger partial charge in [-0.1, -0.05) is 6.07 Å². The quantitative estimate of drug-likeness (QED) is 0.731. The van der Waals surface area contributed by atoms with Crippen LogP contribution in [0.1, 0.15) is 24.4 Å². The predicted molar refractivity (Wildman–Crippen MR) is 66.3 cm³/mol. The number of aromatic amines is 1. The second kappa shape index (κ2) is 4.23. The largest absolute Gasteiger partial charge is 0.342 e. The number of imidazole rings is 1. The molecule has 1 aromatic carbocycles. The fourth-order valence-corrected chi connectivity index (χ4v) is 2.08. The van der Waals surface area contributed by atoms with E-state index in [4.69, 9.17) is 5.73 Å². The summed E-state index contributed by atoms with van der Waals surface area (Å²) >= 11 is 0. The lowest BCUT2D eigenvalue weighted by Gasteiger charge is -2.20. The summed E-state index contributed by atoms with van der Waals surface area (Å²) in [6.45, 7) is 3.96. The Morgan fingerprint density at radius 3 is 2.81 bits per heavy atom. The molecule has 2 aromatic rings. The highest BCUT2D eigenvalue weighted by molar-refractivity contribution is 5.76. The van der Waals surface area contributed by atoms with E-state index in [9.17, 15) is 0 Å². The van der Waals surface area contributed by atoms with Crippen LogP contribution in [-0.2, 0) is 0 Å². The molecule has 16 heavy (non-hydrogen) atoms. The number of fused-ring (bicyclic) bond motifs is 1. The van der Waals surface area contributed by atoms with Gasteiger partial charge < -0.3 is 16.0 Å². The molecule has 86 valence electrons. The van der Waals surface area contributed by atoms with Crippen LogP contribution in [0.25, 0.3) is 11.0 Å². The van der Waals surface area contributed by atoms with Gasteiger partial charge in [0.15, 0.2) is 0 Å². The molecule has 2 atom stereocenters. The normalized spacial score (nSPS) is 15.2. The Labute approximate surface area is 95.3 Å². The van der Waals surface area contributed by atoms with Crippen molar-refractivity contribution in [1.82, 2.24) is 15.3 Å². The Morgan fingerprint density at radius 1 is 1.44 bits per heavy atom. The number of hydrogen-bond donors (Lipinski definition) is 3. The van der Waals surface area contributed by atoms with Gasteiger partial charge in [-0.15, -0.1) is 0 Å². The molecule has 4 heteroatoms. The minimum absolute atomic E-state index is 0.0754. The van der Waals surface area contributed by atoms with Crippen LogP contribution >= 0.6 is 0 Å². The SMILES string of the molecule is CNC(c1ccc2nc(C)[nH]c2c1)C(C)N. The predicted octanol–water partition coefficient (Wildman–Crippen LogP) is 1.48. The summed E-state index contributed by atoms with van der Waals surface area (Å²) in [7, 11) is 1.93. The lowest BCUT2D eigenvalue weighted by molar-refractivity contribution is 0.504. The lowest BCUT2D eigenvalue weighted by atomic mass is 10.0. The van der Waals surface area contributed by atoms with E-state index >= 15 is 0 Å². The van der Waals surface area contributed by atoms with Gasteiger partial charge in [0.1, 0.15) is 5.82 Å². The molecule has 1 aromatic heterocycles. The zero-order chi connectivity index (χ0) is 11.7. The van der Waals surface area contributed by atoms with E-state index in [1.54, 1.807) is 0 Å². The van der Waals surface area contributed by atoms with Crippen LogP contribution < -0.4 is 11.1 Å². The number of nitrogens with one attached hydrogen (secondary N) is 2. The summed E-state index contributed by atoms with van der Waals surface area (Å²) in [5, 5.41) is 3.23. The van der Waals surface area contributed by atoms with Crippen molar-refractivity contribution >= 4 is 11.0 Å². The Balaban J connectivity index is 2.44. The molecule has 0 fully saturated rings. The van der Waals surface area contributed by atoms with Gasteiger partial charge in [-0.3, -0.25) is 0 Å². The Kier molecular flexibility index (Phi) is 2.94. The maximum Gasteiger partial charge on any atom is 0.104 e. The number of aromatic nitrogens is 2. The van der Waals surface area contributed by atoms with Gasteiger partial charge in [0.25, 0.3) is 0 Å². The van der Waals surface area contributed by atoms with Crippen molar-refractivity contribution in [3.05, 3.63) is 29.6 Å². The molecule has 0 aliphatic rings. The zero-order valence-corrected chi connectivity index (χ0v) is 9.91. The van der Waals surface area contributed by atoms with Gasteiger partial charge >= 0.3 is 0 Å². The van der Waals surface area contributed by atoms with Crippen LogP contribution in [0.3, 0.4) is 0 Å². The molecule has 4 N–H and O–H groups in total. The van der Waals surface area contributed by atoms with E-state index in [0.717, 1.165) is 16.9 Å². The number of aryl methyl sites for hydroxylation is 1. The highest BCUT2D eigenvalue weighted by Gasteiger charge is 2.14. The molecule has 0 radical (unpaired) electrons. The van der Waals surface area contributed by atoms with Gasteiger partial charge in [-0.05, 0) is 38.6 Å². The summed E-state index contributed by atoms with van der Waals surface area (Å²) < 4.78 is 0. The Bertz CT molecular complexity index is 487. The van der Waals surface area contributed by atoms with Crippen molar-refractivity contribution in [3.63, 3.8) is 0 Å². The third kappa shape index (κ3) is 1.94. The van der Waals surface area contributed by atoms with Crippen molar-refractivity contribution in [2.24, 2.45) is 5.73 Å². The summed E-state index contributed by atoms with van der Waals surface area (Å²) in [6.07, 6.45) is 0. The Morgan fingerprint density at radius 2 is 2.19 bits per heavy atom. The first-order valence-corrected chi connectivity index (χ1v) is 5.51. The van der Waals surface area contributed by atoms with Gasteiger partial charge in [0.2, 0.25) is 0 Å². The number of H-pyrrole nitrogens is 1. The van der Waals surface area contributed by atoms with Crippen LogP contribution in [0.15, 0.2) is 18.2 Å². The summed E-state index contributed by atoms with van der Waals surface area (Å²) in [5.74, 6) is 0.939. The molecule has 0 spiro atoms. The number of nitrogens with two attached hydrogens (primary N) is 1.